The van der Waals surface area contributed by atoms with Crippen LogP contribution in [0.3, 0.4) is 0 Å². The number of likely N-dealkylation sites (N-methyl/N-ethyl adjacent to an activating group) is 1. The van der Waals surface area contributed by atoms with E-state index in [1.807, 2.05) is 12.1 Å². The van der Waals surface area contributed by atoms with E-state index in [0.29, 0.717) is 6.04 Å². The topological polar surface area (TPSA) is 12.0 Å². The number of hydrogen-bond acceptors (Lipinski definition) is 1. The minimum absolute atomic E-state index is 0.199. The Labute approximate surface area is 134 Å². The first-order chi connectivity index (χ1) is 10.2. The first-order valence-electron chi connectivity index (χ1n) is 7.40. The molecule has 1 N–H and O–H groups in total. The number of hydrogen-bond donors (Lipinski definition) is 1. The molecule has 0 spiro atoms. The Morgan fingerprint density at radius 2 is 1.90 bits per heavy atom. The molecule has 112 valence electrons. The molecule has 0 fully saturated rings. The third kappa shape index (κ3) is 5.25. The van der Waals surface area contributed by atoms with Crippen molar-refractivity contribution in [2.75, 3.05) is 6.54 Å². The van der Waals surface area contributed by atoms with Crippen molar-refractivity contribution < 1.29 is 4.39 Å². The summed E-state index contributed by atoms with van der Waals surface area (Å²) < 4.78 is 14.0. The summed E-state index contributed by atoms with van der Waals surface area (Å²) in [6.45, 7) is 3.06. The monoisotopic (exact) mass is 349 g/mol. The van der Waals surface area contributed by atoms with Gasteiger partial charge in [-0.1, -0.05) is 59.3 Å². The summed E-state index contributed by atoms with van der Waals surface area (Å²) in [5.74, 6) is -0.199. The summed E-state index contributed by atoms with van der Waals surface area (Å²) in [4.78, 5) is 0. The largest absolute Gasteiger partial charge is 0.314 e. The molecule has 1 nitrogen and oxygen atoms in total. The second-order valence-corrected chi connectivity index (χ2v) is 6.07. The Morgan fingerprint density at radius 1 is 1.14 bits per heavy atom. The van der Waals surface area contributed by atoms with Crippen LogP contribution in [0.4, 0.5) is 4.39 Å². The molecule has 0 bridgehead atoms. The van der Waals surface area contributed by atoms with Crippen molar-refractivity contribution in [3.63, 3.8) is 0 Å². The highest BCUT2D eigenvalue weighted by Gasteiger charge is 2.11. The van der Waals surface area contributed by atoms with Crippen molar-refractivity contribution in [1.29, 1.82) is 0 Å². The van der Waals surface area contributed by atoms with Crippen molar-refractivity contribution >= 4 is 15.9 Å². The molecule has 0 heterocycles. The molecule has 2 aromatic rings. The maximum absolute atomic E-state index is 13.2. The summed E-state index contributed by atoms with van der Waals surface area (Å²) in [6, 6.07) is 15.9. The predicted molar refractivity (Wildman–Crippen MR) is 90.0 cm³/mol. The van der Waals surface area contributed by atoms with Crippen molar-refractivity contribution in [3.05, 3.63) is 69.9 Å². The van der Waals surface area contributed by atoms with Crippen molar-refractivity contribution in [2.45, 2.75) is 32.2 Å². The van der Waals surface area contributed by atoms with Gasteiger partial charge in [0.15, 0.2) is 0 Å². The fourth-order valence-corrected chi connectivity index (χ4v) is 3.02. The fourth-order valence-electron chi connectivity index (χ4n) is 2.50. The molecule has 0 aliphatic carbocycles. The molecule has 1 atom stereocenters. The summed E-state index contributed by atoms with van der Waals surface area (Å²) in [6.07, 6.45) is 3.03. The Bertz CT molecular complexity index is 556. The Balaban J connectivity index is 1.98. The molecule has 0 amide bonds. The van der Waals surface area contributed by atoms with E-state index in [2.05, 4.69) is 52.4 Å². The van der Waals surface area contributed by atoms with Gasteiger partial charge in [-0.05, 0) is 49.1 Å². The zero-order chi connectivity index (χ0) is 15.1. The van der Waals surface area contributed by atoms with Crippen LogP contribution in [-0.4, -0.2) is 12.6 Å². The van der Waals surface area contributed by atoms with Gasteiger partial charge in [0.05, 0.1) is 0 Å². The summed E-state index contributed by atoms with van der Waals surface area (Å²) in [5.41, 5.74) is 2.51. The van der Waals surface area contributed by atoms with Crippen LogP contribution in [-0.2, 0) is 12.8 Å². The molecule has 0 aromatic heterocycles. The van der Waals surface area contributed by atoms with Crippen LogP contribution in [0.15, 0.2) is 53.0 Å². The maximum Gasteiger partial charge on any atom is 0.124 e. The van der Waals surface area contributed by atoms with Crippen LogP contribution in [0.2, 0.25) is 0 Å². The van der Waals surface area contributed by atoms with Gasteiger partial charge < -0.3 is 5.32 Å². The Kier molecular flexibility index (Phi) is 6.40. The lowest BCUT2D eigenvalue weighted by atomic mass is 9.99. The molecular weight excluding hydrogens is 329 g/mol. The van der Waals surface area contributed by atoms with Gasteiger partial charge in [-0.3, -0.25) is 0 Å². The van der Waals surface area contributed by atoms with Gasteiger partial charge in [-0.25, -0.2) is 4.39 Å². The maximum atomic E-state index is 13.2. The SMILES string of the molecule is CCNC(CCc1ccccc1)Cc1ccc(F)cc1Br. The van der Waals surface area contributed by atoms with E-state index in [1.165, 1.54) is 17.7 Å². The standard InChI is InChI=1S/C18H21BrFN/c1-2-21-17(11-8-14-6-4-3-5-7-14)12-15-9-10-16(20)13-18(15)19/h3-7,9-10,13,17,21H,2,8,11-12H2,1H3. The molecule has 0 radical (unpaired) electrons. The fraction of sp³-hybridized carbons (Fsp3) is 0.333. The normalized spacial score (nSPS) is 12.3. The molecule has 2 rings (SSSR count). The molecule has 0 saturated heterocycles. The number of rotatable bonds is 7. The first kappa shape index (κ1) is 16.2. The van der Waals surface area contributed by atoms with Gasteiger partial charge in [0.25, 0.3) is 0 Å². The minimum atomic E-state index is -0.199. The summed E-state index contributed by atoms with van der Waals surface area (Å²) >= 11 is 3.45. The van der Waals surface area contributed by atoms with Gasteiger partial charge in [0.1, 0.15) is 5.82 Å². The highest BCUT2D eigenvalue weighted by molar-refractivity contribution is 9.10. The minimum Gasteiger partial charge on any atom is -0.314 e. The second-order valence-electron chi connectivity index (χ2n) is 5.22. The van der Waals surface area contributed by atoms with Gasteiger partial charge >= 0.3 is 0 Å². The van der Waals surface area contributed by atoms with E-state index in [4.69, 9.17) is 0 Å². The van der Waals surface area contributed by atoms with Gasteiger partial charge in [0, 0.05) is 10.5 Å². The van der Waals surface area contributed by atoms with E-state index in [-0.39, 0.29) is 5.82 Å². The van der Waals surface area contributed by atoms with Gasteiger partial charge in [-0.2, -0.15) is 0 Å². The van der Waals surface area contributed by atoms with E-state index in [1.54, 1.807) is 0 Å². The van der Waals surface area contributed by atoms with E-state index < -0.39 is 0 Å². The van der Waals surface area contributed by atoms with Gasteiger partial charge in [0.2, 0.25) is 0 Å². The highest BCUT2D eigenvalue weighted by Crippen LogP contribution is 2.20. The molecule has 21 heavy (non-hydrogen) atoms. The molecule has 0 aliphatic rings. The zero-order valence-corrected chi connectivity index (χ0v) is 13.9. The number of aryl methyl sites for hydroxylation is 1. The van der Waals surface area contributed by atoms with E-state index >= 15 is 0 Å². The van der Waals surface area contributed by atoms with Crippen LogP contribution in [0.5, 0.6) is 0 Å². The van der Waals surface area contributed by atoms with Crippen LogP contribution >= 0.6 is 15.9 Å². The van der Waals surface area contributed by atoms with E-state index in [0.717, 1.165) is 35.8 Å². The number of halogens is 2. The average molecular weight is 350 g/mol. The molecule has 0 saturated carbocycles. The summed E-state index contributed by atoms with van der Waals surface area (Å²) in [5, 5.41) is 3.53. The smallest absolute Gasteiger partial charge is 0.124 e. The Hall–Kier alpha value is -1.19. The van der Waals surface area contributed by atoms with E-state index in [9.17, 15) is 4.39 Å². The lowest BCUT2D eigenvalue weighted by molar-refractivity contribution is 0.490. The van der Waals surface area contributed by atoms with Crippen LogP contribution < -0.4 is 5.32 Å². The number of benzene rings is 2. The third-order valence-corrected chi connectivity index (χ3v) is 4.34. The quantitative estimate of drug-likeness (QED) is 0.760. The zero-order valence-electron chi connectivity index (χ0n) is 12.3. The molecular formula is C18H21BrFN. The van der Waals surface area contributed by atoms with Crippen molar-refractivity contribution in [2.24, 2.45) is 0 Å². The first-order valence-corrected chi connectivity index (χ1v) is 8.19. The average Bonchev–Trinajstić information content (AvgIpc) is 2.49. The molecule has 3 heteroatoms. The van der Waals surface area contributed by atoms with Crippen LogP contribution in [0.25, 0.3) is 0 Å². The predicted octanol–water partition coefficient (Wildman–Crippen LogP) is 4.74. The summed E-state index contributed by atoms with van der Waals surface area (Å²) in [7, 11) is 0. The Morgan fingerprint density at radius 3 is 2.57 bits per heavy atom. The molecule has 2 aromatic carbocycles. The van der Waals surface area contributed by atoms with Gasteiger partial charge in [-0.15, -0.1) is 0 Å². The van der Waals surface area contributed by atoms with Crippen molar-refractivity contribution in [3.8, 4) is 0 Å². The van der Waals surface area contributed by atoms with Crippen molar-refractivity contribution in [1.82, 2.24) is 5.32 Å². The molecule has 0 aliphatic heterocycles. The number of nitrogens with one attached hydrogen (secondary N) is 1. The highest BCUT2D eigenvalue weighted by atomic mass is 79.9. The molecule has 1 unspecified atom stereocenters. The second kappa shape index (κ2) is 8.30. The van der Waals surface area contributed by atoms with Crippen LogP contribution in [0.1, 0.15) is 24.5 Å². The lowest BCUT2D eigenvalue weighted by Crippen LogP contribution is -2.31. The van der Waals surface area contributed by atoms with Crippen LogP contribution in [0, 0.1) is 5.82 Å². The third-order valence-electron chi connectivity index (χ3n) is 3.60. The lowest BCUT2D eigenvalue weighted by Gasteiger charge is -2.19.